The van der Waals surface area contributed by atoms with Crippen LogP contribution in [0.4, 0.5) is 0 Å². The Balaban J connectivity index is -0.000000120. The molecule has 4 N–H and O–H groups in total. The third kappa shape index (κ3) is 56.4. The Kier molecular flexibility index (Phi) is 59.2. The number of rotatable bonds is 14. The van der Waals surface area contributed by atoms with Crippen LogP contribution in [0.1, 0.15) is 105 Å². The van der Waals surface area contributed by atoms with Gasteiger partial charge in [-0.25, -0.2) is 0 Å². The van der Waals surface area contributed by atoms with Gasteiger partial charge < -0.3 is 79.7 Å². The minimum atomic E-state index is -1.01. The maximum Gasteiger partial charge on any atom is 3.00 e. The van der Waals surface area contributed by atoms with Crippen molar-refractivity contribution in [3.05, 3.63) is 46.5 Å². The first-order chi connectivity index (χ1) is 32.5. The average molecular weight is 1470 g/mol. The van der Waals surface area contributed by atoms with Crippen LogP contribution >= 0.6 is 69.6 Å². The van der Waals surface area contributed by atoms with Gasteiger partial charge in [-0.3, -0.25) is 9.80 Å². The molecule has 0 aromatic heterocycles. The third-order valence-corrected chi connectivity index (χ3v) is 7.89. The minimum absolute atomic E-state index is 0. The van der Waals surface area contributed by atoms with E-state index in [9.17, 15) is 49.8 Å². The number of alkyl halides is 6. The molecule has 2 radical (unpaired) electrons. The van der Waals surface area contributed by atoms with Gasteiger partial charge >= 0.3 is 79.9 Å². The molecular weight excluding hydrogens is 1390 g/mol. The zero-order chi connectivity index (χ0) is 58.6. The van der Waals surface area contributed by atoms with Gasteiger partial charge in [0, 0.05) is 84.8 Å². The molecule has 0 bridgehead atoms. The number of halogens is 6. The average Bonchev–Trinajstić information content (AvgIpc) is 3.20. The largest absolute Gasteiger partial charge is 3.00 e. The number of hydrogen-bond acceptors (Lipinski definition) is 18. The van der Waals surface area contributed by atoms with E-state index in [4.69, 9.17) is 99.5 Å². The van der Waals surface area contributed by atoms with Gasteiger partial charge in [-0.2, -0.15) is 0 Å². The number of methoxy groups -OCH3 is 2. The Labute approximate surface area is 533 Å². The number of nitrogens with zero attached hydrogens (tertiary/aromatic N) is 2. The third-order valence-electron chi connectivity index (χ3n) is 7.89. The van der Waals surface area contributed by atoms with Crippen LogP contribution in [0.5, 0.6) is 23.0 Å². The van der Waals surface area contributed by atoms with Crippen LogP contribution in [0.3, 0.4) is 0 Å². The molecule has 434 valence electrons. The monoisotopic (exact) mass is 1460 g/mol. The number of carbonyl (C=O) groups is 4. The Morgan fingerprint density at radius 2 is 0.635 bits per heavy atom. The van der Waals surface area contributed by atoms with Gasteiger partial charge in [0.1, 0.15) is 11.5 Å². The summed E-state index contributed by atoms with van der Waals surface area (Å²) < 4.78 is 8.58. The van der Waals surface area contributed by atoms with Crippen molar-refractivity contribution < 1.29 is 160 Å². The standard InChI is InChI=1S/2C13H21NO4.4C5H10O2.2CHCl3.2Gd/c2*1-10-7-11(13(17)12(8-10)18-2)9-14(3-5-15)4-6-16;4*1-5(2,3)4(6)7;2*2-1(3)4;;/h2*7-8,15-17H,3-6,9H2,1-2H3;4*1-3H3,(H,6,7);2*1H;;/q;;;;;;;;2*+3/p-6. The Bertz CT molecular complexity index is 1600. The number of aliphatic hydroxyl groups excluding tert-OH is 4. The van der Waals surface area contributed by atoms with E-state index >= 15 is 0 Å². The molecule has 0 aliphatic heterocycles. The molecule has 2 rings (SSSR count). The van der Waals surface area contributed by atoms with Gasteiger partial charge in [0.25, 0.3) is 0 Å². The minimum Gasteiger partial charge on any atom is -0.870 e. The van der Waals surface area contributed by atoms with Crippen LogP contribution in [0, 0.1) is 115 Å². The molecule has 2 aromatic rings. The van der Waals surface area contributed by atoms with E-state index in [0.29, 0.717) is 61.9 Å². The molecule has 18 nitrogen and oxygen atoms in total. The molecule has 2 aromatic carbocycles. The number of aliphatic carboxylic acids is 4. The van der Waals surface area contributed by atoms with Crippen molar-refractivity contribution in [1.29, 1.82) is 0 Å². The topological polar surface area (TPSA) is 312 Å². The van der Waals surface area contributed by atoms with E-state index in [1.807, 2.05) is 35.8 Å². The maximum atomic E-state index is 12.0. The van der Waals surface area contributed by atoms with E-state index in [0.717, 1.165) is 11.1 Å². The van der Waals surface area contributed by atoms with Crippen LogP contribution in [0.2, 0.25) is 0 Å². The fraction of sp³-hybridized carbons (Fsp3) is 0.667. The van der Waals surface area contributed by atoms with Gasteiger partial charge in [-0.05, 0) is 48.2 Å². The predicted molar refractivity (Wildman–Crippen MR) is 274 cm³/mol. The second-order valence-electron chi connectivity index (χ2n) is 19.0. The normalized spacial score (nSPS) is 10.6. The Hall–Kier alpha value is -0.331. The molecule has 0 heterocycles. The summed E-state index contributed by atoms with van der Waals surface area (Å²) in [6, 6.07) is 7.03. The first-order valence-electron chi connectivity index (χ1n) is 21.8. The summed E-state index contributed by atoms with van der Waals surface area (Å²) in [5.74, 6) is -3.64. The summed E-state index contributed by atoms with van der Waals surface area (Å²) in [5, 5.41) is 99.4. The quantitative estimate of drug-likeness (QED) is 0.198. The summed E-state index contributed by atoms with van der Waals surface area (Å²) >= 11 is 28.8. The van der Waals surface area contributed by atoms with E-state index in [1.54, 1.807) is 95.2 Å². The van der Waals surface area contributed by atoms with E-state index in [-0.39, 0.29) is 118 Å². The van der Waals surface area contributed by atoms with Crippen LogP contribution in [-0.4, -0.2) is 130 Å². The molecule has 0 unspecified atom stereocenters. The Morgan fingerprint density at radius 1 is 0.473 bits per heavy atom. The van der Waals surface area contributed by atoms with Crippen molar-refractivity contribution in [1.82, 2.24) is 9.80 Å². The number of ether oxygens (including phenoxy) is 2. The SMILES string of the molecule is CC(C)(C)C(=O)[O-].CC(C)(C)C(=O)[O-].CC(C)(C)C(=O)[O-].CC(C)(C)C(=O)[O-].COc1cc(C)cc(CN(CCO)CCO)c1[O-].COc1cc(C)cc(CN(CCO)CCO)c1[O-].ClC(Cl)Cl.ClC(Cl)Cl.[Gd+3].[Gd+3]. The fourth-order valence-corrected chi connectivity index (χ4v) is 3.75. The summed E-state index contributed by atoms with van der Waals surface area (Å²) in [6.45, 7) is 25.5. The molecule has 0 aliphatic carbocycles. The van der Waals surface area contributed by atoms with Crippen molar-refractivity contribution in [2.75, 3.05) is 66.8 Å². The second kappa shape index (κ2) is 48.6. The van der Waals surface area contributed by atoms with Gasteiger partial charge in [-0.15, -0.1) is 0 Å². The molecule has 0 saturated heterocycles. The van der Waals surface area contributed by atoms with Crippen LogP contribution in [0.25, 0.3) is 0 Å². The number of aliphatic hydroxyl groups is 4. The summed E-state index contributed by atoms with van der Waals surface area (Å²) in [5.41, 5.74) is 0.367. The molecule has 26 heteroatoms. The van der Waals surface area contributed by atoms with Gasteiger partial charge in [0.05, 0.1) is 40.6 Å². The number of benzene rings is 2. The number of aryl methyl sites for hydroxylation is 2. The van der Waals surface area contributed by atoms with Crippen molar-refractivity contribution in [3.63, 3.8) is 0 Å². The second-order valence-corrected chi connectivity index (χ2v) is 23.0. The molecule has 0 spiro atoms. The summed E-state index contributed by atoms with van der Waals surface area (Å²) in [4.78, 5) is 43.3. The van der Waals surface area contributed by atoms with Crippen molar-refractivity contribution in [2.24, 2.45) is 21.7 Å². The van der Waals surface area contributed by atoms with Crippen molar-refractivity contribution >= 4 is 93.5 Å². The van der Waals surface area contributed by atoms with Crippen LogP contribution in [0.15, 0.2) is 24.3 Å². The molecule has 74 heavy (non-hydrogen) atoms. The Morgan fingerprint density at radius 3 is 0.757 bits per heavy atom. The molecule has 0 fully saturated rings. The summed E-state index contributed by atoms with van der Waals surface area (Å²) in [6.07, 6.45) is 0. The van der Waals surface area contributed by atoms with E-state index in [2.05, 4.69) is 0 Å². The zero-order valence-electron chi connectivity index (χ0n) is 45.1. The number of carboxylic acid groups (broad SMARTS) is 4. The molecule has 0 amide bonds. The molecular formula is C48H78Cl6Gd2N2O16. The maximum absolute atomic E-state index is 12.0. The first-order valence-corrected chi connectivity index (χ1v) is 24.4. The summed E-state index contributed by atoms with van der Waals surface area (Å²) in [7, 11) is 2.94. The molecule has 0 atom stereocenters. The van der Waals surface area contributed by atoms with Crippen LogP contribution < -0.4 is 40.1 Å². The predicted octanol–water partition coefficient (Wildman–Crippen LogP) is 2.83. The molecule has 0 saturated carbocycles. The first kappa shape index (κ1) is 90.2. The number of carboxylic acids is 4. The fourth-order valence-electron chi connectivity index (χ4n) is 3.75. The van der Waals surface area contributed by atoms with Crippen molar-refractivity contribution in [3.8, 4) is 23.0 Å². The van der Waals surface area contributed by atoms with Crippen molar-refractivity contribution in [2.45, 2.75) is 119 Å². The smallest absolute Gasteiger partial charge is 0.870 e. The number of hydrogen-bond donors (Lipinski definition) is 4. The van der Waals surface area contributed by atoms with Crippen LogP contribution in [-0.2, 0) is 32.3 Å². The molecule has 0 aliphatic rings. The van der Waals surface area contributed by atoms with E-state index < -0.39 is 54.1 Å². The van der Waals surface area contributed by atoms with Gasteiger partial charge in [0.15, 0.2) is 8.59 Å². The van der Waals surface area contributed by atoms with Gasteiger partial charge in [0.2, 0.25) is 0 Å². The van der Waals surface area contributed by atoms with Gasteiger partial charge in [-0.1, -0.05) is 176 Å². The van der Waals surface area contributed by atoms with E-state index in [1.165, 1.54) is 14.2 Å². The zero-order valence-corrected chi connectivity index (χ0v) is 54.2. The number of carbonyl (C=O) groups excluding carboxylic acids is 4.